The number of fused-ring (bicyclic) bond motifs is 1. The first-order chi connectivity index (χ1) is 11.5. The van der Waals surface area contributed by atoms with Crippen molar-refractivity contribution in [3.63, 3.8) is 0 Å². The standard InChI is InChI=1S/C19H22N4O/c1-14-20-17-11-12-23(13-16(17)19(21-14)22(2)3)18(24)10-9-15-7-5-4-6-8-15/h4-10H,11-13H2,1-3H3/b10-9+. The summed E-state index contributed by atoms with van der Waals surface area (Å²) in [4.78, 5) is 25.4. The maximum absolute atomic E-state index is 12.5. The van der Waals surface area contributed by atoms with E-state index >= 15 is 0 Å². The molecule has 2 heterocycles. The third kappa shape index (κ3) is 3.45. The van der Waals surface area contributed by atoms with Gasteiger partial charge in [-0.3, -0.25) is 4.79 Å². The Kier molecular flexibility index (Phi) is 4.60. The third-order valence-corrected chi connectivity index (χ3v) is 4.10. The number of rotatable bonds is 3. The highest BCUT2D eigenvalue weighted by molar-refractivity contribution is 5.92. The molecule has 0 N–H and O–H groups in total. The SMILES string of the molecule is Cc1nc2c(c(N(C)C)n1)CN(C(=O)/C=C/c1ccccc1)CC2. The van der Waals surface area contributed by atoms with Crippen LogP contribution in [0.3, 0.4) is 0 Å². The molecule has 0 spiro atoms. The number of benzene rings is 1. The molecule has 5 heteroatoms. The first kappa shape index (κ1) is 16.2. The van der Waals surface area contributed by atoms with Gasteiger partial charge in [-0.1, -0.05) is 30.3 Å². The molecular formula is C19H22N4O. The molecule has 1 aromatic heterocycles. The molecule has 0 radical (unpaired) electrons. The summed E-state index contributed by atoms with van der Waals surface area (Å²) < 4.78 is 0. The molecule has 0 saturated heterocycles. The van der Waals surface area contributed by atoms with Crippen molar-refractivity contribution < 1.29 is 4.79 Å². The van der Waals surface area contributed by atoms with Crippen LogP contribution in [-0.4, -0.2) is 41.4 Å². The molecule has 0 bridgehead atoms. The molecule has 5 nitrogen and oxygen atoms in total. The Morgan fingerprint density at radius 2 is 1.96 bits per heavy atom. The van der Waals surface area contributed by atoms with Crippen LogP contribution in [0.25, 0.3) is 6.08 Å². The second kappa shape index (κ2) is 6.83. The van der Waals surface area contributed by atoms with Crippen molar-refractivity contribution in [2.75, 3.05) is 25.5 Å². The van der Waals surface area contributed by atoms with Gasteiger partial charge < -0.3 is 9.80 Å². The van der Waals surface area contributed by atoms with Crippen LogP contribution in [0.15, 0.2) is 36.4 Å². The smallest absolute Gasteiger partial charge is 0.246 e. The van der Waals surface area contributed by atoms with E-state index in [4.69, 9.17) is 0 Å². The fraction of sp³-hybridized carbons (Fsp3) is 0.316. The summed E-state index contributed by atoms with van der Waals surface area (Å²) in [6.07, 6.45) is 4.27. The van der Waals surface area contributed by atoms with E-state index in [0.717, 1.165) is 34.9 Å². The monoisotopic (exact) mass is 322 g/mol. The lowest BCUT2D eigenvalue weighted by molar-refractivity contribution is -0.126. The molecular weight excluding hydrogens is 300 g/mol. The Balaban J connectivity index is 1.79. The Bertz CT molecular complexity index is 768. The number of carbonyl (C=O) groups excluding carboxylic acids is 1. The van der Waals surface area contributed by atoms with Gasteiger partial charge in [-0.2, -0.15) is 0 Å². The van der Waals surface area contributed by atoms with Gasteiger partial charge in [0.25, 0.3) is 0 Å². The van der Waals surface area contributed by atoms with Crippen LogP contribution in [-0.2, 0) is 17.8 Å². The van der Waals surface area contributed by atoms with Gasteiger partial charge in [0.05, 0.1) is 12.2 Å². The summed E-state index contributed by atoms with van der Waals surface area (Å²) in [6.45, 7) is 3.16. The van der Waals surface area contributed by atoms with Crippen molar-refractivity contribution in [2.45, 2.75) is 19.9 Å². The molecule has 0 saturated carbocycles. The van der Waals surface area contributed by atoms with Gasteiger partial charge >= 0.3 is 0 Å². The van der Waals surface area contributed by atoms with Crippen LogP contribution in [0.4, 0.5) is 5.82 Å². The lowest BCUT2D eigenvalue weighted by Crippen LogP contribution is -2.36. The van der Waals surface area contributed by atoms with Crippen LogP contribution >= 0.6 is 0 Å². The highest BCUT2D eigenvalue weighted by atomic mass is 16.2. The third-order valence-electron chi connectivity index (χ3n) is 4.10. The molecule has 1 aliphatic heterocycles. The summed E-state index contributed by atoms with van der Waals surface area (Å²) in [6, 6.07) is 9.85. The fourth-order valence-electron chi connectivity index (χ4n) is 2.91. The summed E-state index contributed by atoms with van der Waals surface area (Å²) in [5.41, 5.74) is 3.14. The number of aryl methyl sites for hydroxylation is 1. The highest BCUT2D eigenvalue weighted by Gasteiger charge is 2.24. The molecule has 0 aliphatic carbocycles. The number of nitrogens with zero attached hydrogens (tertiary/aromatic N) is 4. The lowest BCUT2D eigenvalue weighted by atomic mass is 10.1. The van der Waals surface area contributed by atoms with Gasteiger partial charge in [0.2, 0.25) is 5.91 Å². The Hall–Kier alpha value is -2.69. The topological polar surface area (TPSA) is 49.3 Å². The Morgan fingerprint density at radius 1 is 1.21 bits per heavy atom. The average molecular weight is 322 g/mol. The second-order valence-electron chi connectivity index (χ2n) is 6.17. The Labute approximate surface area is 142 Å². The fourth-order valence-corrected chi connectivity index (χ4v) is 2.91. The van der Waals surface area contributed by atoms with Gasteiger partial charge in [0.1, 0.15) is 11.6 Å². The predicted octanol–water partition coefficient (Wildman–Crippen LogP) is 2.45. The van der Waals surface area contributed by atoms with Crippen molar-refractivity contribution >= 4 is 17.8 Å². The Morgan fingerprint density at radius 3 is 2.67 bits per heavy atom. The number of anilines is 1. The number of hydrogen-bond acceptors (Lipinski definition) is 4. The maximum atomic E-state index is 12.5. The minimum atomic E-state index is 0.0229. The van der Waals surface area contributed by atoms with E-state index in [9.17, 15) is 4.79 Å². The molecule has 124 valence electrons. The van der Waals surface area contributed by atoms with E-state index in [0.29, 0.717) is 13.1 Å². The van der Waals surface area contributed by atoms with E-state index in [1.807, 2.05) is 67.2 Å². The van der Waals surface area contributed by atoms with Crippen LogP contribution in [0.2, 0.25) is 0 Å². The van der Waals surface area contributed by atoms with Crippen molar-refractivity contribution in [3.8, 4) is 0 Å². The molecule has 24 heavy (non-hydrogen) atoms. The largest absolute Gasteiger partial charge is 0.362 e. The van der Waals surface area contributed by atoms with E-state index in [2.05, 4.69) is 9.97 Å². The van der Waals surface area contributed by atoms with Gasteiger partial charge in [-0.05, 0) is 18.6 Å². The highest BCUT2D eigenvalue weighted by Crippen LogP contribution is 2.25. The first-order valence-corrected chi connectivity index (χ1v) is 8.10. The summed E-state index contributed by atoms with van der Waals surface area (Å²) in [5.74, 6) is 1.71. The molecule has 2 aromatic rings. The van der Waals surface area contributed by atoms with Crippen molar-refractivity contribution in [1.29, 1.82) is 0 Å². The molecule has 1 amide bonds. The number of amides is 1. The molecule has 1 aromatic carbocycles. The van der Waals surface area contributed by atoms with Gasteiger partial charge in [-0.25, -0.2) is 9.97 Å². The van der Waals surface area contributed by atoms with Gasteiger partial charge in [-0.15, -0.1) is 0 Å². The zero-order chi connectivity index (χ0) is 17.1. The zero-order valence-corrected chi connectivity index (χ0v) is 14.4. The van der Waals surface area contributed by atoms with Crippen molar-refractivity contribution in [1.82, 2.24) is 14.9 Å². The summed E-state index contributed by atoms with van der Waals surface area (Å²) in [5, 5.41) is 0. The molecule has 0 unspecified atom stereocenters. The number of hydrogen-bond donors (Lipinski definition) is 0. The minimum Gasteiger partial charge on any atom is -0.362 e. The van der Waals surface area contributed by atoms with Crippen molar-refractivity contribution in [2.24, 2.45) is 0 Å². The molecule has 3 rings (SSSR count). The second-order valence-corrected chi connectivity index (χ2v) is 6.17. The lowest BCUT2D eigenvalue weighted by Gasteiger charge is -2.30. The molecule has 0 fully saturated rings. The number of aromatic nitrogens is 2. The van der Waals surface area contributed by atoms with E-state index < -0.39 is 0 Å². The average Bonchev–Trinajstić information content (AvgIpc) is 2.59. The van der Waals surface area contributed by atoms with Crippen LogP contribution in [0.5, 0.6) is 0 Å². The van der Waals surface area contributed by atoms with Gasteiger partial charge in [0.15, 0.2) is 0 Å². The van der Waals surface area contributed by atoms with Gasteiger partial charge in [0, 0.05) is 38.7 Å². The molecule has 1 aliphatic rings. The van der Waals surface area contributed by atoms with E-state index in [1.54, 1.807) is 6.08 Å². The van der Waals surface area contributed by atoms with E-state index in [-0.39, 0.29) is 5.91 Å². The summed E-state index contributed by atoms with van der Waals surface area (Å²) in [7, 11) is 3.94. The maximum Gasteiger partial charge on any atom is 0.246 e. The zero-order valence-electron chi connectivity index (χ0n) is 14.4. The minimum absolute atomic E-state index is 0.0229. The number of carbonyl (C=O) groups is 1. The first-order valence-electron chi connectivity index (χ1n) is 8.10. The normalized spacial score (nSPS) is 13.9. The quantitative estimate of drug-likeness (QED) is 0.815. The van der Waals surface area contributed by atoms with E-state index in [1.165, 1.54) is 0 Å². The van der Waals surface area contributed by atoms with Crippen LogP contribution in [0.1, 0.15) is 22.6 Å². The predicted molar refractivity (Wildman–Crippen MR) is 95.7 cm³/mol. The van der Waals surface area contributed by atoms with Crippen LogP contribution < -0.4 is 4.90 Å². The summed E-state index contributed by atoms with van der Waals surface area (Å²) >= 11 is 0. The van der Waals surface area contributed by atoms with Crippen LogP contribution in [0, 0.1) is 6.92 Å². The van der Waals surface area contributed by atoms with Crippen molar-refractivity contribution in [3.05, 3.63) is 59.1 Å². The molecule has 0 atom stereocenters.